The van der Waals surface area contributed by atoms with Crippen LogP contribution in [0.25, 0.3) is 0 Å². The van der Waals surface area contributed by atoms with Gasteiger partial charge >= 0.3 is 39.5 Å². The van der Waals surface area contributed by atoms with Crippen LogP contribution in [0.5, 0.6) is 0 Å². The molecule has 0 fully saturated rings. The average Bonchev–Trinajstić information content (AvgIpc) is 0.900. The molecular formula is C91H148O17P2. The van der Waals surface area contributed by atoms with Gasteiger partial charge in [0.15, 0.2) is 12.2 Å². The van der Waals surface area contributed by atoms with Crippen molar-refractivity contribution in [1.82, 2.24) is 0 Å². The number of carbonyl (C=O) groups excluding carboxylic acids is 4. The Morgan fingerprint density at radius 1 is 0.264 bits per heavy atom. The summed E-state index contributed by atoms with van der Waals surface area (Å²) < 4.78 is 68.7. The van der Waals surface area contributed by atoms with E-state index in [0.717, 1.165) is 205 Å². The Morgan fingerprint density at radius 2 is 0.482 bits per heavy atom. The van der Waals surface area contributed by atoms with Crippen LogP contribution in [-0.2, 0) is 65.4 Å². The number of hydrogen-bond donors (Lipinski definition) is 3. The smallest absolute Gasteiger partial charge is 0.462 e. The first-order valence-corrected chi connectivity index (χ1v) is 45.0. The summed E-state index contributed by atoms with van der Waals surface area (Å²) in [5.41, 5.74) is 0. The molecule has 19 heteroatoms. The van der Waals surface area contributed by atoms with Crippen LogP contribution in [0.1, 0.15) is 310 Å². The highest BCUT2D eigenvalue weighted by molar-refractivity contribution is 7.47. The molecule has 0 aliphatic heterocycles. The van der Waals surface area contributed by atoms with Gasteiger partial charge in [-0.15, -0.1) is 0 Å². The fourth-order valence-corrected chi connectivity index (χ4v) is 12.1. The number of carbonyl (C=O) groups is 4. The number of aliphatic hydroxyl groups excluding tert-OH is 1. The van der Waals surface area contributed by atoms with Gasteiger partial charge in [-0.3, -0.25) is 37.3 Å². The number of aliphatic hydroxyl groups is 1. The highest BCUT2D eigenvalue weighted by Crippen LogP contribution is 2.45. The van der Waals surface area contributed by atoms with E-state index in [1.54, 1.807) is 0 Å². The van der Waals surface area contributed by atoms with E-state index in [0.29, 0.717) is 32.1 Å². The van der Waals surface area contributed by atoms with E-state index < -0.39 is 97.5 Å². The largest absolute Gasteiger partial charge is 0.472 e. The van der Waals surface area contributed by atoms with Crippen LogP contribution in [0.15, 0.2) is 182 Å². The van der Waals surface area contributed by atoms with Crippen LogP contribution in [-0.4, -0.2) is 96.7 Å². The van der Waals surface area contributed by atoms with Gasteiger partial charge in [0.05, 0.1) is 26.4 Å². The Morgan fingerprint density at radius 3 is 0.764 bits per heavy atom. The molecule has 0 aliphatic carbocycles. The fourth-order valence-electron chi connectivity index (χ4n) is 10.6. The molecule has 0 aromatic heterocycles. The van der Waals surface area contributed by atoms with E-state index >= 15 is 0 Å². The lowest BCUT2D eigenvalue weighted by Gasteiger charge is -2.21. The first-order chi connectivity index (χ1) is 53.7. The summed E-state index contributed by atoms with van der Waals surface area (Å²) in [4.78, 5) is 73.2. The van der Waals surface area contributed by atoms with E-state index in [1.165, 1.54) is 19.3 Å². The topological polar surface area (TPSA) is 237 Å². The van der Waals surface area contributed by atoms with Crippen molar-refractivity contribution in [3.8, 4) is 0 Å². The van der Waals surface area contributed by atoms with Crippen LogP contribution in [0, 0.1) is 0 Å². The maximum Gasteiger partial charge on any atom is 0.472 e. The molecule has 0 amide bonds. The molecule has 3 N–H and O–H groups in total. The molecule has 0 bridgehead atoms. The Kier molecular flexibility index (Phi) is 76.9. The zero-order chi connectivity index (χ0) is 80.3. The van der Waals surface area contributed by atoms with Crippen molar-refractivity contribution in [1.29, 1.82) is 0 Å². The zero-order valence-corrected chi connectivity index (χ0v) is 70.1. The Hall–Kier alpha value is -5.84. The van der Waals surface area contributed by atoms with E-state index in [4.69, 9.17) is 37.0 Å². The molecule has 0 aromatic carbocycles. The maximum atomic E-state index is 13.1. The highest BCUT2D eigenvalue weighted by Gasteiger charge is 2.30. The SMILES string of the molecule is CC/C=C\C/C=C\C/C=C\C/C=C\C/C=C\CCCC(=O)OC(COC(=O)CCCCCCCC/C=C\C/C=C\C/C=C\CCCCC)COP(=O)(O)OCC(O)COP(=O)(O)OCC(COC(=O)CCCCCC/C=C\C/C=C\C/C=C\C/C=C\CC)OC(=O)CCCCCCCCC/C=C\C/C=C\C/C=C\CC. The summed E-state index contributed by atoms with van der Waals surface area (Å²) in [6.07, 6.45) is 98.6. The van der Waals surface area contributed by atoms with Crippen LogP contribution < -0.4 is 0 Å². The third kappa shape index (κ3) is 80.2. The maximum absolute atomic E-state index is 13.1. The van der Waals surface area contributed by atoms with Crippen molar-refractivity contribution < 1.29 is 80.2 Å². The summed E-state index contributed by atoms with van der Waals surface area (Å²) in [5, 5.41) is 10.7. The summed E-state index contributed by atoms with van der Waals surface area (Å²) in [7, 11) is -10.0. The van der Waals surface area contributed by atoms with Gasteiger partial charge in [0, 0.05) is 25.7 Å². The van der Waals surface area contributed by atoms with Gasteiger partial charge in [0.25, 0.3) is 0 Å². The minimum Gasteiger partial charge on any atom is -0.462 e. The van der Waals surface area contributed by atoms with E-state index in [-0.39, 0.29) is 25.7 Å². The lowest BCUT2D eigenvalue weighted by Crippen LogP contribution is -2.30. The molecule has 0 aliphatic rings. The molecule has 0 rings (SSSR count). The van der Waals surface area contributed by atoms with Gasteiger partial charge in [-0.25, -0.2) is 9.13 Å². The molecule has 0 saturated heterocycles. The predicted molar refractivity (Wildman–Crippen MR) is 454 cm³/mol. The summed E-state index contributed by atoms with van der Waals surface area (Å²) in [5.74, 6) is -2.30. The molecule has 0 saturated carbocycles. The molecular weight excluding hydrogens is 1430 g/mol. The predicted octanol–water partition coefficient (Wildman–Crippen LogP) is 25.1. The highest BCUT2D eigenvalue weighted by atomic mass is 31.2. The van der Waals surface area contributed by atoms with Crippen molar-refractivity contribution in [2.75, 3.05) is 39.6 Å². The second-order valence-electron chi connectivity index (χ2n) is 27.3. The molecule has 0 aromatic rings. The molecule has 17 nitrogen and oxygen atoms in total. The minimum atomic E-state index is -5.01. The van der Waals surface area contributed by atoms with E-state index in [9.17, 15) is 43.2 Å². The number of esters is 4. The van der Waals surface area contributed by atoms with Crippen molar-refractivity contribution >= 4 is 39.5 Å². The third-order valence-electron chi connectivity index (χ3n) is 16.8. The normalized spacial score (nSPS) is 14.7. The zero-order valence-electron chi connectivity index (χ0n) is 68.4. The fraction of sp³-hybridized carbons (Fsp3) is 0.626. The van der Waals surface area contributed by atoms with Gasteiger partial charge in [-0.2, -0.15) is 0 Å². The molecule has 110 heavy (non-hydrogen) atoms. The number of phosphoric acid groups is 2. The van der Waals surface area contributed by atoms with Crippen molar-refractivity contribution in [3.05, 3.63) is 182 Å². The van der Waals surface area contributed by atoms with Crippen LogP contribution in [0.4, 0.5) is 0 Å². The molecule has 0 heterocycles. The summed E-state index contributed by atoms with van der Waals surface area (Å²) in [6.45, 7) is 4.39. The lowest BCUT2D eigenvalue weighted by atomic mass is 10.1. The van der Waals surface area contributed by atoms with Gasteiger partial charge in [-0.1, -0.05) is 293 Å². The second-order valence-corrected chi connectivity index (χ2v) is 30.2. The number of rotatable bonds is 77. The summed E-state index contributed by atoms with van der Waals surface area (Å²) >= 11 is 0. The van der Waals surface area contributed by atoms with Crippen molar-refractivity contribution in [3.63, 3.8) is 0 Å². The number of allylic oxidation sites excluding steroid dienone is 30. The van der Waals surface area contributed by atoms with Crippen LogP contribution in [0.2, 0.25) is 0 Å². The number of ether oxygens (including phenoxy) is 4. The van der Waals surface area contributed by atoms with Crippen LogP contribution in [0.3, 0.4) is 0 Å². The van der Waals surface area contributed by atoms with Crippen molar-refractivity contribution in [2.24, 2.45) is 0 Å². The average molecular weight is 1580 g/mol. The van der Waals surface area contributed by atoms with Gasteiger partial charge in [0.2, 0.25) is 0 Å². The molecule has 0 spiro atoms. The van der Waals surface area contributed by atoms with Gasteiger partial charge in [0.1, 0.15) is 19.3 Å². The third-order valence-corrected chi connectivity index (χ3v) is 18.7. The van der Waals surface area contributed by atoms with Crippen molar-refractivity contribution in [2.45, 2.75) is 329 Å². The standard InChI is InChI=1S/C91H148O17P2/c1-5-9-13-17-21-25-29-33-37-41-42-46-48-52-56-60-64-68-72-76-89(94)102-82-87(108-91(96)78-74-70-66-62-58-54-50-45-40-36-32-28-24-20-16-12-8-4)84-106-110(99,100)104-80-85(92)79-103-109(97,98)105-83-86(107-90(95)77-73-69-65-61-57-53-49-44-39-35-31-27-23-19-15-11-7-3)81-101-88(93)75-71-67-63-59-55-51-47-43-38-34-30-26-22-18-14-10-6-2/h10-12,14-16,21-28,33-40,42,46-47,50-51,54,62,66,85-87,92H,5-9,13,17-20,29-32,41,43-45,48-49,52-53,55-61,63-65,67-84H2,1-4H3,(H,97,98)(H,99,100)/b14-10-,15-11-,16-12-,25-21-,26-22-,27-23-,28-24-,37-33-,38-34-,39-35-,40-36-,46-42-,51-47-,54-50-,66-62-. The first-order valence-electron chi connectivity index (χ1n) is 42.0. The quantitative estimate of drug-likeness (QED) is 0.0169. The Balaban J connectivity index is 5.49. The minimum absolute atomic E-state index is 0.00669. The Bertz CT molecular complexity index is 2800. The molecule has 5 unspecified atom stereocenters. The lowest BCUT2D eigenvalue weighted by molar-refractivity contribution is -0.161. The van der Waals surface area contributed by atoms with Crippen LogP contribution >= 0.6 is 15.6 Å². The van der Waals surface area contributed by atoms with Gasteiger partial charge < -0.3 is 33.8 Å². The van der Waals surface area contributed by atoms with E-state index in [2.05, 4.69) is 198 Å². The summed E-state index contributed by atoms with van der Waals surface area (Å²) in [6, 6.07) is 0. The molecule has 5 atom stereocenters. The second kappa shape index (κ2) is 81.2. The number of hydrogen-bond acceptors (Lipinski definition) is 15. The van der Waals surface area contributed by atoms with Gasteiger partial charge in [-0.05, 0) is 173 Å². The van der Waals surface area contributed by atoms with E-state index in [1.807, 2.05) is 12.2 Å². The number of unbranched alkanes of at least 4 members (excludes halogenated alkanes) is 21. The first kappa shape index (κ1) is 104. The molecule has 624 valence electrons. The molecule has 0 radical (unpaired) electrons. The number of phosphoric ester groups is 2. The monoisotopic (exact) mass is 1580 g/mol. The Labute approximate surface area is 666 Å².